The van der Waals surface area contributed by atoms with E-state index in [2.05, 4.69) is 4.99 Å². The van der Waals surface area contributed by atoms with Crippen LogP contribution >= 0.6 is 22.9 Å². The Balaban J connectivity index is 1.97. The molecule has 0 amide bonds. The Morgan fingerprint density at radius 2 is 1.91 bits per heavy atom. The van der Waals surface area contributed by atoms with E-state index in [0.717, 1.165) is 5.56 Å². The monoisotopic (exact) mass is 496 g/mol. The van der Waals surface area contributed by atoms with Gasteiger partial charge in [-0.2, -0.15) is 0 Å². The molecule has 0 radical (unpaired) electrons. The average molecular weight is 497 g/mol. The van der Waals surface area contributed by atoms with Gasteiger partial charge in [0.2, 0.25) is 0 Å². The van der Waals surface area contributed by atoms with Gasteiger partial charge in [-0.15, -0.1) is 0 Å². The van der Waals surface area contributed by atoms with Gasteiger partial charge in [0.1, 0.15) is 11.8 Å². The molecule has 1 aromatic heterocycles. The fourth-order valence-corrected chi connectivity index (χ4v) is 5.04. The van der Waals surface area contributed by atoms with Crippen molar-refractivity contribution < 1.29 is 14.3 Å². The Labute approximate surface area is 206 Å². The summed E-state index contributed by atoms with van der Waals surface area (Å²) in [6, 6.07) is 14.0. The fourth-order valence-electron chi connectivity index (χ4n) is 3.86. The van der Waals surface area contributed by atoms with E-state index >= 15 is 0 Å². The number of halogens is 1. The molecular weight excluding hydrogens is 472 g/mol. The number of esters is 1. The average Bonchev–Trinajstić information content (AvgIpc) is 3.09. The summed E-state index contributed by atoms with van der Waals surface area (Å²) < 4.78 is 13.5. The van der Waals surface area contributed by atoms with Gasteiger partial charge >= 0.3 is 5.97 Å². The van der Waals surface area contributed by atoms with Crippen molar-refractivity contribution in [1.29, 1.82) is 0 Å². The third-order valence-electron chi connectivity index (χ3n) is 5.26. The molecule has 1 aliphatic rings. The number of allylic oxidation sites excluding steroid dienone is 1. The van der Waals surface area contributed by atoms with Crippen molar-refractivity contribution in [3.8, 4) is 5.75 Å². The van der Waals surface area contributed by atoms with Gasteiger partial charge in [0.05, 0.1) is 28.5 Å². The highest BCUT2D eigenvalue weighted by Gasteiger charge is 2.35. The van der Waals surface area contributed by atoms with Crippen LogP contribution in [0.2, 0.25) is 5.02 Å². The van der Waals surface area contributed by atoms with Crippen LogP contribution in [0.3, 0.4) is 0 Å². The number of thiazole rings is 1. The molecule has 6 nitrogen and oxygen atoms in total. The number of para-hydroxylation sites is 1. The van der Waals surface area contributed by atoms with E-state index in [0.29, 0.717) is 36.9 Å². The van der Waals surface area contributed by atoms with E-state index in [9.17, 15) is 9.59 Å². The van der Waals surface area contributed by atoms with E-state index in [1.807, 2.05) is 50.2 Å². The van der Waals surface area contributed by atoms with Crippen LogP contribution in [-0.2, 0) is 9.53 Å². The number of nitrogens with zero attached hydrogens (tertiary/aromatic N) is 2. The summed E-state index contributed by atoms with van der Waals surface area (Å²) in [5.74, 6) is 0.103. The normalized spacial score (nSPS) is 15.8. The Kier molecular flexibility index (Phi) is 7.05. The minimum atomic E-state index is -0.724. The number of carbonyl (C=O) groups excluding carboxylic acids is 1. The first-order chi connectivity index (χ1) is 16.3. The van der Waals surface area contributed by atoms with Gasteiger partial charge in [0.15, 0.2) is 4.80 Å². The quantitative estimate of drug-likeness (QED) is 0.479. The van der Waals surface area contributed by atoms with Crippen molar-refractivity contribution in [2.45, 2.75) is 39.8 Å². The second-order valence-corrected chi connectivity index (χ2v) is 9.50. The summed E-state index contributed by atoms with van der Waals surface area (Å²) >= 11 is 7.28. The van der Waals surface area contributed by atoms with Gasteiger partial charge in [-0.05, 0) is 57.5 Å². The Hall–Kier alpha value is -3.16. The van der Waals surface area contributed by atoms with Gasteiger partial charge in [-0.3, -0.25) is 9.36 Å². The molecule has 0 bridgehead atoms. The van der Waals surface area contributed by atoms with E-state index in [1.165, 1.54) is 11.3 Å². The van der Waals surface area contributed by atoms with Crippen LogP contribution < -0.4 is 19.6 Å². The molecule has 176 valence electrons. The molecule has 0 fully saturated rings. The molecule has 0 saturated heterocycles. The zero-order valence-corrected chi connectivity index (χ0v) is 20.9. The van der Waals surface area contributed by atoms with Crippen molar-refractivity contribution in [3.63, 3.8) is 0 Å². The smallest absolute Gasteiger partial charge is 0.338 e. The summed E-state index contributed by atoms with van der Waals surface area (Å²) in [6.45, 7) is 7.60. The molecule has 0 N–H and O–H groups in total. The minimum absolute atomic E-state index is 0.0852. The number of fused-ring (bicyclic) bond motifs is 1. The number of hydrogen-bond acceptors (Lipinski definition) is 6. The molecule has 8 heteroatoms. The summed E-state index contributed by atoms with van der Waals surface area (Å²) in [7, 11) is 0. The molecule has 34 heavy (non-hydrogen) atoms. The van der Waals surface area contributed by atoms with Gasteiger partial charge < -0.3 is 9.47 Å². The first-order valence-electron chi connectivity index (χ1n) is 11.0. The predicted octanol–water partition coefficient (Wildman–Crippen LogP) is 4.24. The second-order valence-electron chi connectivity index (χ2n) is 8.06. The van der Waals surface area contributed by atoms with Crippen molar-refractivity contribution >= 4 is 35.0 Å². The molecule has 0 saturated carbocycles. The van der Waals surface area contributed by atoms with Crippen molar-refractivity contribution in [2.24, 2.45) is 4.99 Å². The molecule has 3 aromatic rings. The molecule has 4 rings (SSSR count). The van der Waals surface area contributed by atoms with Gasteiger partial charge in [-0.1, -0.05) is 53.3 Å². The highest BCUT2D eigenvalue weighted by molar-refractivity contribution is 7.07. The number of ether oxygens (including phenoxy) is 2. The molecule has 1 aliphatic heterocycles. The van der Waals surface area contributed by atoms with Gasteiger partial charge in [0.25, 0.3) is 5.56 Å². The van der Waals surface area contributed by atoms with Crippen molar-refractivity contribution in [3.05, 3.63) is 95.6 Å². The molecule has 2 heterocycles. The highest BCUT2D eigenvalue weighted by Crippen LogP contribution is 2.36. The van der Waals surface area contributed by atoms with Crippen LogP contribution in [-0.4, -0.2) is 23.2 Å². The maximum absolute atomic E-state index is 13.7. The third kappa shape index (κ3) is 4.72. The molecule has 0 aliphatic carbocycles. The second kappa shape index (κ2) is 9.99. The third-order valence-corrected chi connectivity index (χ3v) is 6.50. The van der Waals surface area contributed by atoms with Gasteiger partial charge in [0, 0.05) is 10.6 Å². The predicted molar refractivity (Wildman–Crippen MR) is 134 cm³/mol. The number of aromatic nitrogens is 1. The van der Waals surface area contributed by atoms with Crippen LogP contribution in [0, 0.1) is 0 Å². The highest BCUT2D eigenvalue weighted by atomic mass is 35.5. The molecular formula is C26H25ClN2O4S. The van der Waals surface area contributed by atoms with Crippen molar-refractivity contribution in [1.82, 2.24) is 4.57 Å². The topological polar surface area (TPSA) is 69.9 Å². The Morgan fingerprint density at radius 3 is 2.59 bits per heavy atom. The minimum Gasteiger partial charge on any atom is -0.491 e. The summed E-state index contributed by atoms with van der Waals surface area (Å²) in [6.07, 6.45) is 1.72. The lowest BCUT2D eigenvalue weighted by Crippen LogP contribution is -2.40. The SMILES string of the molecule is CCOC(=O)C1=C(C)N=c2s/c(=C/c3ccc(Cl)cc3)c(=O)n2[C@@H]1c1ccccc1OC(C)C. The maximum atomic E-state index is 13.7. The van der Waals surface area contributed by atoms with Gasteiger partial charge in [-0.25, -0.2) is 9.79 Å². The lowest BCUT2D eigenvalue weighted by molar-refractivity contribution is -0.139. The number of rotatable bonds is 6. The fraction of sp³-hybridized carbons (Fsp3) is 0.269. The lowest BCUT2D eigenvalue weighted by Gasteiger charge is -2.26. The van der Waals surface area contributed by atoms with E-state index in [4.69, 9.17) is 21.1 Å². The first-order valence-corrected chi connectivity index (χ1v) is 12.2. The van der Waals surface area contributed by atoms with Crippen LogP contribution in [0.4, 0.5) is 0 Å². The zero-order valence-electron chi connectivity index (χ0n) is 19.4. The van der Waals surface area contributed by atoms with E-state index in [1.54, 1.807) is 36.6 Å². The molecule has 0 spiro atoms. The lowest BCUT2D eigenvalue weighted by atomic mass is 9.95. The Morgan fingerprint density at radius 1 is 1.21 bits per heavy atom. The van der Waals surface area contributed by atoms with Crippen LogP contribution in [0.1, 0.15) is 44.9 Å². The standard InChI is InChI=1S/C26H25ClN2O4S/c1-5-32-25(31)22-16(4)28-26-29(23(22)19-8-6-7-9-20(19)33-15(2)3)24(30)21(34-26)14-17-10-12-18(27)13-11-17/h6-15,23H,5H2,1-4H3/b21-14+/t23-/m1/s1. The molecule has 0 unspecified atom stereocenters. The number of hydrogen-bond donors (Lipinski definition) is 0. The molecule has 1 atom stereocenters. The number of benzene rings is 2. The Bertz CT molecular complexity index is 1430. The molecule has 2 aromatic carbocycles. The summed E-state index contributed by atoms with van der Waals surface area (Å²) in [4.78, 5) is 31.9. The van der Waals surface area contributed by atoms with Crippen LogP contribution in [0.15, 0.2) is 69.6 Å². The summed E-state index contributed by atoms with van der Waals surface area (Å²) in [5, 5.41) is 0.620. The summed E-state index contributed by atoms with van der Waals surface area (Å²) in [5.41, 5.74) is 2.15. The maximum Gasteiger partial charge on any atom is 0.338 e. The number of carbonyl (C=O) groups is 1. The van der Waals surface area contributed by atoms with Crippen LogP contribution in [0.5, 0.6) is 5.75 Å². The van der Waals surface area contributed by atoms with Crippen molar-refractivity contribution in [2.75, 3.05) is 6.61 Å². The van der Waals surface area contributed by atoms with Crippen LogP contribution in [0.25, 0.3) is 6.08 Å². The first kappa shape index (κ1) is 24.0. The van der Waals surface area contributed by atoms with E-state index in [-0.39, 0.29) is 18.3 Å². The van der Waals surface area contributed by atoms with E-state index < -0.39 is 12.0 Å². The zero-order chi connectivity index (χ0) is 24.4. The largest absolute Gasteiger partial charge is 0.491 e.